The predicted octanol–water partition coefficient (Wildman–Crippen LogP) is 2.75. The van der Waals surface area contributed by atoms with Gasteiger partial charge >= 0.3 is 0 Å². The second kappa shape index (κ2) is 3.39. The van der Waals surface area contributed by atoms with Crippen molar-refractivity contribution in [1.82, 2.24) is 0 Å². The highest BCUT2D eigenvalue weighted by atomic mass is 35.5. The van der Waals surface area contributed by atoms with Crippen LogP contribution in [-0.2, 0) is 5.41 Å². The number of halogens is 4. The molecule has 82 valence electrons. The topological polar surface area (TPSA) is 26.0 Å². The third-order valence-electron chi connectivity index (χ3n) is 2.89. The highest BCUT2D eigenvalue weighted by Gasteiger charge is 2.47. The smallest absolute Gasteiger partial charge is 0.151 e. The Kier molecular flexibility index (Phi) is 2.43. The van der Waals surface area contributed by atoms with E-state index in [1.54, 1.807) is 0 Å². The molecule has 0 radical (unpaired) electrons. The van der Waals surface area contributed by atoms with Crippen LogP contribution in [0, 0.1) is 17.5 Å². The summed E-state index contributed by atoms with van der Waals surface area (Å²) >= 11 is 5.39. The molecule has 15 heavy (non-hydrogen) atoms. The molecule has 0 unspecified atom stereocenters. The van der Waals surface area contributed by atoms with Gasteiger partial charge in [-0.3, -0.25) is 0 Å². The SMILES string of the molecule is NCC1(c2c(F)cc(F)c(Cl)c2F)CC1. The van der Waals surface area contributed by atoms with Gasteiger partial charge in [-0.15, -0.1) is 0 Å². The molecule has 1 saturated carbocycles. The first-order valence-corrected chi connectivity index (χ1v) is 4.93. The van der Waals surface area contributed by atoms with Crippen LogP contribution in [0.4, 0.5) is 13.2 Å². The summed E-state index contributed by atoms with van der Waals surface area (Å²) < 4.78 is 39.9. The molecule has 0 aromatic heterocycles. The second-order valence-electron chi connectivity index (χ2n) is 3.83. The van der Waals surface area contributed by atoms with E-state index in [1.807, 2.05) is 0 Å². The number of rotatable bonds is 2. The van der Waals surface area contributed by atoms with E-state index in [0.717, 1.165) is 0 Å². The summed E-state index contributed by atoms with van der Waals surface area (Å²) in [6, 6.07) is 0.608. The van der Waals surface area contributed by atoms with Gasteiger partial charge in [-0.1, -0.05) is 11.6 Å². The quantitative estimate of drug-likeness (QED) is 0.619. The number of benzene rings is 1. The molecule has 0 atom stereocenters. The van der Waals surface area contributed by atoms with E-state index in [2.05, 4.69) is 0 Å². The molecule has 5 heteroatoms. The lowest BCUT2D eigenvalue weighted by Crippen LogP contribution is -2.23. The van der Waals surface area contributed by atoms with Gasteiger partial charge in [-0.05, 0) is 12.8 Å². The van der Waals surface area contributed by atoms with E-state index in [1.165, 1.54) is 0 Å². The Morgan fingerprint density at radius 2 is 1.87 bits per heavy atom. The summed E-state index contributed by atoms with van der Waals surface area (Å²) in [6.45, 7) is 0.142. The van der Waals surface area contributed by atoms with Crippen molar-refractivity contribution in [2.24, 2.45) is 5.73 Å². The molecular formula is C10H9ClF3N. The van der Waals surface area contributed by atoms with Gasteiger partial charge in [0, 0.05) is 23.6 Å². The van der Waals surface area contributed by atoms with Gasteiger partial charge in [0.2, 0.25) is 0 Å². The molecule has 1 aromatic carbocycles. The minimum absolute atomic E-state index is 0.142. The van der Waals surface area contributed by atoms with Crippen LogP contribution >= 0.6 is 11.6 Å². The van der Waals surface area contributed by atoms with Gasteiger partial charge in [0.25, 0.3) is 0 Å². The molecule has 1 aliphatic rings. The standard InChI is InChI=1S/C10H9ClF3N/c11-8-6(13)3-5(12)7(9(8)14)10(4-15)1-2-10/h3H,1-2,4,15H2. The van der Waals surface area contributed by atoms with Crippen molar-refractivity contribution in [3.63, 3.8) is 0 Å². The molecule has 2 N–H and O–H groups in total. The first kappa shape index (κ1) is 10.8. The Morgan fingerprint density at radius 1 is 1.27 bits per heavy atom. The van der Waals surface area contributed by atoms with E-state index < -0.39 is 27.9 Å². The first-order chi connectivity index (χ1) is 7.02. The normalized spacial score (nSPS) is 17.9. The lowest BCUT2D eigenvalue weighted by Gasteiger charge is -2.15. The molecule has 0 spiro atoms. The van der Waals surface area contributed by atoms with Crippen LogP contribution in [0.2, 0.25) is 5.02 Å². The Hall–Kier alpha value is -0.740. The Balaban J connectivity index is 2.62. The molecule has 0 bridgehead atoms. The van der Waals surface area contributed by atoms with E-state index in [0.29, 0.717) is 18.9 Å². The Labute approximate surface area is 90.0 Å². The lowest BCUT2D eigenvalue weighted by molar-refractivity contribution is 0.496. The van der Waals surface area contributed by atoms with E-state index >= 15 is 0 Å². The van der Waals surface area contributed by atoms with Crippen LogP contribution in [0.15, 0.2) is 6.07 Å². The van der Waals surface area contributed by atoms with Crippen molar-refractivity contribution in [1.29, 1.82) is 0 Å². The summed E-state index contributed by atoms with van der Waals surface area (Å²) in [5, 5.41) is -0.661. The fourth-order valence-corrected chi connectivity index (χ4v) is 1.91. The fraction of sp³-hybridized carbons (Fsp3) is 0.400. The van der Waals surface area contributed by atoms with Crippen LogP contribution in [0.3, 0.4) is 0 Å². The Morgan fingerprint density at radius 3 is 2.33 bits per heavy atom. The van der Waals surface area contributed by atoms with Gasteiger partial charge in [-0.2, -0.15) is 0 Å². The number of hydrogen-bond acceptors (Lipinski definition) is 1. The third-order valence-corrected chi connectivity index (χ3v) is 3.24. The van der Waals surface area contributed by atoms with Crippen molar-refractivity contribution in [3.8, 4) is 0 Å². The first-order valence-electron chi connectivity index (χ1n) is 4.55. The van der Waals surface area contributed by atoms with Gasteiger partial charge in [0.05, 0.1) is 0 Å². The van der Waals surface area contributed by atoms with Gasteiger partial charge in [0.15, 0.2) is 5.82 Å². The highest BCUT2D eigenvalue weighted by molar-refractivity contribution is 6.31. The molecule has 0 saturated heterocycles. The van der Waals surface area contributed by atoms with Gasteiger partial charge < -0.3 is 5.73 Å². The predicted molar refractivity (Wildman–Crippen MR) is 51.3 cm³/mol. The van der Waals surface area contributed by atoms with Crippen molar-refractivity contribution >= 4 is 11.6 Å². The van der Waals surface area contributed by atoms with Crippen molar-refractivity contribution in [2.75, 3.05) is 6.54 Å². The molecular weight excluding hydrogens is 227 g/mol. The highest BCUT2D eigenvalue weighted by Crippen LogP contribution is 2.50. The van der Waals surface area contributed by atoms with Crippen LogP contribution in [0.5, 0.6) is 0 Å². The molecule has 0 amide bonds. The fourth-order valence-electron chi connectivity index (χ4n) is 1.76. The number of nitrogens with two attached hydrogens (primary N) is 1. The maximum absolute atomic E-state index is 13.6. The minimum Gasteiger partial charge on any atom is -0.330 e. The zero-order valence-electron chi connectivity index (χ0n) is 7.79. The molecule has 0 aliphatic heterocycles. The largest absolute Gasteiger partial charge is 0.330 e. The Bertz CT molecular complexity index is 416. The summed E-state index contributed by atoms with van der Waals surface area (Å²) in [5.74, 6) is -3.00. The maximum Gasteiger partial charge on any atom is 0.151 e. The third kappa shape index (κ3) is 1.52. The van der Waals surface area contributed by atoms with Crippen LogP contribution in [0.1, 0.15) is 18.4 Å². The molecule has 1 aliphatic carbocycles. The zero-order chi connectivity index (χ0) is 11.2. The molecule has 1 aromatic rings. The molecule has 0 heterocycles. The van der Waals surface area contributed by atoms with Crippen molar-refractivity contribution < 1.29 is 13.2 Å². The molecule has 1 nitrogen and oxygen atoms in total. The van der Waals surface area contributed by atoms with Crippen LogP contribution in [-0.4, -0.2) is 6.54 Å². The van der Waals surface area contributed by atoms with Gasteiger partial charge in [-0.25, -0.2) is 13.2 Å². The molecule has 1 fully saturated rings. The molecule has 2 rings (SSSR count). The number of hydrogen-bond donors (Lipinski definition) is 1. The van der Waals surface area contributed by atoms with E-state index in [-0.39, 0.29) is 12.1 Å². The monoisotopic (exact) mass is 235 g/mol. The average molecular weight is 236 g/mol. The van der Waals surface area contributed by atoms with Crippen LogP contribution < -0.4 is 5.73 Å². The zero-order valence-corrected chi connectivity index (χ0v) is 8.54. The summed E-state index contributed by atoms with van der Waals surface area (Å²) in [5.41, 5.74) is 4.61. The summed E-state index contributed by atoms with van der Waals surface area (Å²) in [4.78, 5) is 0. The minimum atomic E-state index is -1.08. The van der Waals surface area contributed by atoms with E-state index in [4.69, 9.17) is 17.3 Å². The van der Waals surface area contributed by atoms with Crippen molar-refractivity contribution in [3.05, 3.63) is 34.1 Å². The second-order valence-corrected chi connectivity index (χ2v) is 4.21. The average Bonchev–Trinajstić information content (AvgIpc) is 2.96. The summed E-state index contributed by atoms with van der Waals surface area (Å²) in [7, 11) is 0. The van der Waals surface area contributed by atoms with Crippen LogP contribution in [0.25, 0.3) is 0 Å². The maximum atomic E-state index is 13.6. The summed E-state index contributed by atoms with van der Waals surface area (Å²) in [6.07, 6.45) is 1.22. The van der Waals surface area contributed by atoms with Gasteiger partial charge in [0.1, 0.15) is 16.7 Å². The van der Waals surface area contributed by atoms with Crippen molar-refractivity contribution in [2.45, 2.75) is 18.3 Å². The van der Waals surface area contributed by atoms with E-state index in [9.17, 15) is 13.2 Å². The lowest BCUT2D eigenvalue weighted by atomic mass is 9.95.